The molecule has 1 aliphatic carbocycles. The average Bonchev–Trinajstić information content (AvgIpc) is 3.21. The molecule has 0 aromatic heterocycles. The number of carbonyl (C=O) groups excluding carboxylic acids is 3. The molecule has 2 atom stereocenters. The topological polar surface area (TPSA) is 91.4 Å². The van der Waals surface area contributed by atoms with E-state index in [4.69, 9.17) is 18.9 Å². The van der Waals surface area contributed by atoms with Crippen LogP contribution in [0.5, 0.6) is 11.5 Å². The van der Waals surface area contributed by atoms with Crippen LogP contribution in [-0.4, -0.2) is 56.2 Å². The highest BCUT2D eigenvalue weighted by Crippen LogP contribution is 2.34. The van der Waals surface area contributed by atoms with Crippen LogP contribution in [0, 0.1) is 5.92 Å². The Morgan fingerprint density at radius 3 is 2.40 bits per heavy atom. The molecule has 1 aromatic rings. The maximum atomic E-state index is 13.1. The van der Waals surface area contributed by atoms with E-state index in [9.17, 15) is 14.4 Å². The van der Waals surface area contributed by atoms with Crippen molar-refractivity contribution in [3.8, 4) is 11.5 Å². The van der Waals surface area contributed by atoms with Gasteiger partial charge in [0.05, 0.1) is 33.4 Å². The van der Waals surface area contributed by atoms with Crippen molar-refractivity contribution in [1.82, 2.24) is 4.90 Å². The molecule has 0 radical (unpaired) electrons. The fraction of sp³-hybridized carbons (Fsp3) is 0.591. The largest absolute Gasteiger partial charge is 0.497 e. The molecule has 1 aromatic carbocycles. The van der Waals surface area contributed by atoms with Crippen molar-refractivity contribution in [3.63, 3.8) is 0 Å². The monoisotopic (exact) mass is 421 g/mol. The van der Waals surface area contributed by atoms with Crippen LogP contribution in [0.2, 0.25) is 0 Å². The van der Waals surface area contributed by atoms with Crippen molar-refractivity contribution in [2.75, 3.05) is 27.4 Å². The van der Waals surface area contributed by atoms with Gasteiger partial charge in [0, 0.05) is 24.2 Å². The highest BCUT2D eigenvalue weighted by atomic mass is 16.5. The quantitative estimate of drug-likeness (QED) is 0.424. The zero-order chi connectivity index (χ0) is 22.1. The van der Waals surface area contributed by atoms with Gasteiger partial charge < -0.3 is 23.8 Å². The van der Waals surface area contributed by atoms with Crippen LogP contribution in [0.25, 0.3) is 0 Å². The summed E-state index contributed by atoms with van der Waals surface area (Å²) in [6, 6.07) is 4.98. The highest BCUT2D eigenvalue weighted by Gasteiger charge is 2.40. The minimum Gasteiger partial charge on any atom is -0.497 e. The van der Waals surface area contributed by atoms with Crippen LogP contribution < -0.4 is 9.47 Å². The molecule has 8 nitrogen and oxygen atoms in total. The standard InChI is InChI=1S/C22H31NO7/c1-5-29-21(25)13-20(24)23(18-9-7-8-17(18)22(26)30-6-2)14-15-10-11-16(27-3)12-19(15)28-4/h10-12,17-18H,5-9,13-14H2,1-4H3/t17-,18+/m1/s1. The lowest BCUT2D eigenvalue weighted by Gasteiger charge is -2.32. The van der Waals surface area contributed by atoms with Gasteiger partial charge in [-0.15, -0.1) is 0 Å². The fourth-order valence-corrected chi connectivity index (χ4v) is 3.83. The van der Waals surface area contributed by atoms with Gasteiger partial charge in [-0.3, -0.25) is 14.4 Å². The summed E-state index contributed by atoms with van der Waals surface area (Å²) in [6.07, 6.45) is 1.73. The molecular weight excluding hydrogens is 390 g/mol. The molecule has 0 heterocycles. The van der Waals surface area contributed by atoms with Gasteiger partial charge in [0.2, 0.25) is 5.91 Å². The van der Waals surface area contributed by atoms with Crippen LogP contribution in [0.1, 0.15) is 45.1 Å². The summed E-state index contributed by atoms with van der Waals surface area (Å²) in [5.41, 5.74) is 0.755. The number of methoxy groups -OCH3 is 2. The number of benzene rings is 1. The number of ether oxygens (including phenoxy) is 4. The number of hydrogen-bond acceptors (Lipinski definition) is 7. The van der Waals surface area contributed by atoms with E-state index in [1.807, 2.05) is 6.07 Å². The number of rotatable bonds is 10. The Balaban J connectivity index is 2.33. The number of hydrogen-bond donors (Lipinski definition) is 0. The molecule has 1 fully saturated rings. The van der Waals surface area contributed by atoms with Crippen molar-refractivity contribution in [3.05, 3.63) is 23.8 Å². The lowest BCUT2D eigenvalue weighted by Crippen LogP contribution is -2.45. The van der Waals surface area contributed by atoms with Crippen LogP contribution in [-0.2, 0) is 30.4 Å². The number of amides is 1. The predicted molar refractivity (Wildman–Crippen MR) is 109 cm³/mol. The lowest BCUT2D eigenvalue weighted by molar-refractivity contribution is -0.153. The smallest absolute Gasteiger partial charge is 0.315 e. The molecule has 1 saturated carbocycles. The second-order valence-corrected chi connectivity index (χ2v) is 7.04. The number of esters is 2. The van der Waals surface area contributed by atoms with Crippen LogP contribution in [0.4, 0.5) is 0 Å². The van der Waals surface area contributed by atoms with E-state index in [0.29, 0.717) is 24.3 Å². The molecule has 0 bridgehead atoms. The Bertz CT molecular complexity index is 749. The van der Waals surface area contributed by atoms with Gasteiger partial charge in [-0.25, -0.2) is 0 Å². The fourth-order valence-electron chi connectivity index (χ4n) is 3.83. The SMILES string of the molecule is CCOC(=O)CC(=O)N(Cc1ccc(OC)cc1OC)[C@H]1CCC[C@H]1C(=O)OCC. The minimum atomic E-state index is -0.583. The van der Waals surface area contributed by atoms with Gasteiger partial charge in [0.25, 0.3) is 0 Å². The van der Waals surface area contributed by atoms with Gasteiger partial charge in [-0.2, -0.15) is 0 Å². The third kappa shape index (κ3) is 5.87. The van der Waals surface area contributed by atoms with E-state index in [2.05, 4.69) is 0 Å². The molecule has 1 aliphatic rings. The Morgan fingerprint density at radius 1 is 1.03 bits per heavy atom. The van der Waals surface area contributed by atoms with E-state index in [0.717, 1.165) is 12.0 Å². The van der Waals surface area contributed by atoms with Gasteiger partial charge in [0.1, 0.15) is 17.9 Å². The first-order chi connectivity index (χ1) is 14.4. The van der Waals surface area contributed by atoms with Crippen molar-refractivity contribution in [2.24, 2.45) is 5.92 Å². The molecule has 8 heteroatoms. The van der Waals surface area contributed by atoms with Crippen LogP contribution in [0.15, 0.2) is 18.2 Å². The first-order valence-electron chi connectivity index (χ1n) is 10.3. The zero-order valence-corrected chi connectivity index (χ0v) is 18.1. The van der Waals surface area contributed by atoms with E-state index < -0.39 is 11.9 Å². The van der Waals surface area contributed by atoms with Crippen LogP contribution in [0.3, 0.4) is 0 Å². The van der Waals surface area contributed by atoms with Crippen LogP contribution >= 0.6 is 0 Å². The zero-order valence-electron chi connectivity index (χ0n) is 18.1. The molecule has 166 valence electrons. The molecule has 2 rings (SSSR count). The third-order valence-corrected chi connectivity index (χ3v) is 5.23. The minimum absolute atomic E-state index is 0.200. The van der Waals surface area contributed by atoms with Crippen molar-refractivity contribution in [1.29, 1.82) is 0 Å². The van der Waals surface area contributed by atoms with Gasteiger partial charge in [-0.05, 0) is 38.8 Å². The summed E-state index contributed by atoms with van der Waals surface area (Å²) in [4.78, 5) is 39.1. The Hall–Kier alpha value is -2.77. The summed E-state index contributed by atoms with van der Waals surface area (Å²) < 4.78 is 20.9. The molecule has 0 N–H and O–H groups in total. The molecule has 0 spiro atoms. The van der Waals surface area contributed by atoms with Gasteiger partial charge >= 0.3 is 11.9 Å². The first kappa shape index (κ1) is 23.5. The molecule has 0 aliphatic heterocycles. The first-order valence-corrected chi connectivity index (χ1v) is 10.3. The summed E-state index contributed by atoms with van der Waals surface area (Å²) >= 11 is 0. The third-order valence-electron chi connectivity index (χ3n) is 5.23. The maximum absolute atomic E-state index is 13.1. The second kappa shape index (κ2) is 11.4. The maximum Gasteiger partial charge on any atom is 0.315 e. The van der Waals surface area contributed by atoms with Crippen molar-refractivity contribution < 1.29 is 33.3 Å². The van der Waals surface area contributed by atoms with E-state index in [1.54, 1.807) is 45.1 Å². The highest BCUT2D eigenvalue weighted by molar-refractivity contribution is 5.94. The number of nitrogens with zero attached hydrogens (tertiary/aromatic N) is 1. The van der Waals surface area contributed by atoms with Crippen molar-refractivity contribution in [2.45, 2.75) is 52.1 Å². The van der Waals surface area contributed by atoms with E-state index in [-0.39, 0.29) is 44.1 Å². The van der Waals surface area contributed by atoms with Gasteiger partial charge in [-0.1, -0.05) is 6.42 Å². The lowest BCUT2D eigenvalue weighted by atomic mass is 10.0. The number of carbonyl (C=O) groups is 3. The summed E-state index contributed by atoms with van der Waals surface area (Å²) in [5.74, 6) is -0.498. The second-order valence-electron chi connectivity index (χ2n) is 7.04. The summed E-state index contributed by atoms with van der Waals surface area (Å²) in [5, 5.41) is 0. The Kier molecular flexibility index (Phi) is 8.95. The van der Waals surface area contributed by atoms with Crippen molar-refractivity contribution >= 4 is 17.8 Å². The normalized spacial score (nSPS) is 17.9. The molecule has 1 amide bonds. The molecule has 30 heavy (non-hydrogen) atoms. The Labute approximate surface area is 177 Å². The molecular formula is C22H31NO7. The summed E-state index contributed by atoms with van der Waals surface area (Å²) in [6.45, 7) is 4.13. The van der Waals surface area contributed by atoms with E-state index >= 15 is 0 Å². The predicted octanol–water partition coefficient (Wildman–Crippen LogP) is 2.72. The summed E-state index contributed by atoms with van der Waals surface area (Å²) in [7, 11) is 3.10. The average molecular weight is 421 g/mol. The molecule has 0 saturated heterocycles. The Morgan fingerprint density at radius 2 is 1.77 bits per heavy atom. The van der Waals surface area contributed by atoms with E-state index in [1.165, 1.54) is 0 Å². The molecule has 0 unspecified atom stereocenters. The van der Waals surface area contributed by atoms with Gasteiger partial charge in [0.15, 0.2) is 0 Å².